The van der Waals surface area contributed by atoms with Crippen molar-refractivity contribution in [2.24, 2.45) is 0 Å². The van der Waals surface area contributed by atoms with E-state index in [2.05, 4.69) is 32.0 Å². The molecule has 1 heterocycles. The lowest BCUT2D eigenvalue weighted by Gasteiger charge is -2.28. The molecule has 0 N–H and O–H groups in total. The zero-order valence-corrected chi connectivity index (χ0v) is 14.7. The van der Waals surface area contributed by atoms with Crippen molar-refractivity contribution < 1.29 is 14.2 Å². The maximum atomic E-state index is 6.12. The fourth-order valence-corrected chi connectivity index (χ4v) is 3.01. The van der Waals surface area contributed by atoms with Crippen LogP contribution in [0.25, 0.3) is 0 Å². The number of hydrogen-bond donors (Lipinski definition) is 0. The molecular formula is C21H26O3. The molecule has 1 aliphatic rings. The van der Waals surface area contributed by atoms with Gasteiger partial charge in [-0.1, -0.05) is 44.2 Å². The average molecular weight is 326 g/mol. The lowest BCUT2D eigenvalue weighted by atomic mass is 9.99. The largest absolute Gasteiger partial charge is 0.493 e. The number of rotatable bonds is 6. The van der Waals surface area contributed by atoms with Crippen LogP contribution in [0, 0.1) is 0 Å². The zero-order chi connectivity index (χ0) is 16.9. The molecule has 2 aromatic carbocycles. The molecule has 3 unspecified atom stereocenters. The minimum Gasteiger partial charge on any atom is -0.493 e. The monoisotopic (exact) mass is 326 g/mol. The summed E-state index contributed by atoms with van der Waals surface area (Å²) in [5, 5.41) is 0. The lowest BCUT2D eigenvalue weighted by molar-refractivity contribution is -0.118. The summed E-state index contributed by atoms with van der Waals surface area (Å²) >= 11 is 0. The fraction of sp³-hybridized carbons (Fsp3) is 0.429. The quantitative estimate of drug-likeness (QED) is 0.659. The Morgan fingerprint density at radius 3 is 2.58 bits per heavy atom. The van der Waals surface area contributed by atoms with E-state index in [0.29, 0.717) is 12.5 Å². The highest BCUT2D eigenvalue weighted by Gasteiger charge is 2.24. The van der Waals surface area contributed by atoms with E-state index in [1.165, 1.54) is 5.56 Å². The maximum absolute atomic E-state index is 6.12. The first-order valence-electron chi connectivity index (χ1n) is 8.81. The van der Waals surface area contributed by atoms with E-state index in [0.717, 1.165) is 29.9 Å². The van der Waals surface area contributed by atoms with Gasteiger partial charge in [0.2, 0.25) is 0 Å². The average Bonchev–Trinajstić information content (AvgIpc) is 2.62. The zero-order valence-electron chi connectivity index (χ0n) is 14.7. The van der Waals surface area contributed by atoms with Crippen molar-refractivity contribution in [2.45, 2.75) is 51.9 Å². The highest BCUT2D eigenvalue weighted by Crippen LogP contribution is 2.35. The summed E-state index contributed by atoms with van der Waals surface area (Å²) < 4.78 is 17.7. The standard InChI is InChI=1S/C21H26O3/c1-4-15(2)17-9-11-18(12-10-17)23-16(3)24-21-13-14-22-20-8-6-5-7-19(20)21/h5-12,15-16,21H,4,13-14H2,1-3H3. The molecule has 0 aromatic heterocycles. The molecule has 128 valence electrons. The molecular weight excluding hydrogens is 300 g/mol. The first-order valence-corrected chi connectivity index (χ1v) is 8.81. The van der Waals surface area contributed by atoms with E-state index in [9.17, 15) is 0 Å². The molecule has 0 amide bonds. The summed E-state index contributed by atoms with van der Waals surface area (Å²) in [7, 11) is 0. The Morgan fingerprint density at radius 2 is 1.83 bits per heavy atom. The van der Waals surface area contributed by atoms with Crippen LogP contribution >= 0.6 is 0 Å². The van der Waals surface area contributed by atoms with Crippen LogP contribution in [-0.2, 0) is 4.74 Å². The molecule has 3 atom stereocenters. The molecule has 0 aliphatic carbocycles. The summed E-state index contributed by atoms with van der Waals surface area (Å²) in [6, 6.07) is 16.4. The van der Waals surface area contributed by atoms with Crippen LogP contribution in [-0.4, -0.2) is 12.9 Å². The van der Waals surface area contributed by atoms with Crippen molar-refractivity contribution in [1.82, 2.24) is 0 Å². The maximum Gasteiger partial charge on any atom is 0.197 e. The normalized spacial score (nSPS) is 19.0. The molecule has 2 aromatic rings. The van der Waals surface area contributed by atoms with Gasteiger partial charge in [-0.3, -0.25) is 0 Å². The second-order valence-corrected chi connectivity index (χ2v) is 6.36. The SMILES string of the molecule is CCC(C)c1ccc(OC(C)OC2CCOc3ccccc32)cc1. The van der Waals surface area contributed by atoms with Gasteiger partial charge < -0.3 is 14.2 Å². The van der Waals surface area contributed by atoms with Crippen molar-refractivity contribution in [2.75, 3.05) is 6.61 Å². The first kappa shape index (κ1) is 16.8. The van der Waals surface area contributed by atoms with E-state index in [1.54, 1.807) is 0 Å². The molecule has 0 bridgehead atoms. The van der Waals surface area contributed by atoms with E-state index in [4.69, 9.17) is 14.2 Å². The van der Waals surface area contributed by atoms with Crippen LogP contribution < -0.4 is 9.47 Å². The van der Waals surface area contributed by atoms with Gasteiger partial charge in [-0.2, -0.15) is 0 Å². The Hall–Kier alpha value is -2.00. The van der Waals surface area contributed by atoms with Gasteiger partial charge in [0, 0.05) is 12.0 Å². The smallest absolute Gasteiger partial charge is 0.197 e. The molecule has 3 heteroatoms. The Kier molecular flexibility index (Phi) is 5.41. The summed E-state index contributed by atoms with van der Waals surface area (Å²) in [6.45, 7) is 7.07. The van der Waals surface area contributed by atoms with Gasteiger partial charge in [0.15, 0.2) is 6.29 Å². The first-order chi connectivity index (χ1) is 11.7. The highest BCUT2D eigenvalue weighted by molar-refractivity contribution is 5.36. The molecule has 0 fully saturated rings. The second kappa shape index (κ2) is 7.71. The highest BCUT2D eigenvalue weighted by atomic mass is 16.7. The van der Waals surface area contributed by atoms with E-state index < -0.39 is 0 Å². The molecule has 24 heavy (non-hydrogen) atoms. The Balaban J connectivity index is 1.61. The number of benzene rings is 2. The number of fused-ring (bicyclic) bond motifs is 1. The predicted octanol–water partition coefficient (Wildman–Crippen LogP) is 5.47. The van der Waals surface area contributed by atoms with Crippen LogP contribution in [0.3, 0.4) is 0 Å². The third-order valence-corrected chi connectivity index (χ3v) is 4.62. The van der Waals surface area contributed by atoms with Gasteiger partial charge >= 0.3 is 0 Å². The molecule has 3 nitrogen and oxygen atoms in total. The number of para-hydroxylation sites is 1. The number of ether oxygens (including phenoxy) is 3. The van der Waals surface area contributed by atoms with Crippen LogP contribution in [0.1, 0.15) is 56.8 Å². The molecule has 3 rings (SSSR count). The van der Waals surface area contributed by atoms with Crippen molar-refractivity contribution >= 4 is 0 Å². The predicted molar refractivity (Wildman–Crippen MR) is 95.6 cm³/mol. The summed E-state index contributed by atoms with van der Waals surface area (Å²) in [4.78, 5) is 0. The molecule has 0 saturated heterocycles. The van der Waals surface area contributed by atoms with Gasteiger partial charge in [0.1, 0.15) is 11.5 Å². The van der Waals surface area contributed by atoms with Crippen molar-refractivity contribution in [3.8, 4) is 11.5 Å². The molecule has 0 radical (unpaired) electrons. The van der Waals surface area contributed by atoms with Crippen LogP contribution in [0.15, 0.2) is 48.5 Å². The third-order valence-electron chi connectivity index (χ3n) is 4.62. The summed E-state index contributed by atoms with van der Waals surface area (Å²) in [5.74, 6) is 2.33. The minimum atomic E-state index is -0.310. The third kappa shape index (κ3) is 3.90. The van der Waals surface area contributed by atoms with Crippen molar-refractivity contribution in [3.05, 3.63) is 59.7 Å². The van der Waals surface area contributed by atoms with Crippen molar-refractivity contribution in [1.29, 1.82) is 0 Å². The lowest BCUT2D eigenvalue weighted by Crippen LogP contribution is -2.24. The molecule has 0 saturated carbocycles. The summed E-state index contributed by atoms with van der Waals surface area (Å²) in [5.41, 5.74) is 2.45. The topological polar surface area (TPSA) is 27.7 Å². The van der Waals surface area contributed by atoms with E-state index in [1.807, 2.05) is 37.3 Å². The van der Waals surface area contributed by atoms with E-state index >= 15 is 0 Å². The van der Waals surface area contributed by atoms with Gasteiger partial charge in [-0.15, -0.1) is 0 Å². The van der Waals surface area contributed by atoms with Gasteiger partial charge in [-0.05, 0) is 43.0 Å². The number of hydrogen-bond acceptors (Lipinski definition) is 3. The van der Waals surface area contributed by atoms with Gasteiger partial charge in [0.05, 0.1) is 12.7 Å². The minimum absolute atomic E-state index is 0.0179. The van der Waals surface area contributed by atoms with Crippen LogP contribution in [0.4, 0.5) is 0 Å². The van der Waals surface area contributed by atoms with Crippen LogP contribution in [0.5, 0.6) is 11.5 Å². The Labute approximate surface area is 144 Å². The van der Waals surface area contributed by atoms with Crippen molar-refractivity contribution in [3.63, 3.8) is 0 Å². The Bertz CT molecular complexity index is 650. The molecule has 0 spiro atoms. The molecule has 1 aliphatic heterocycles. The van der Waals surface area contributed by atoms with E-state index in [-0.39, 0.29) is 12.4 Å². The van der Waals surface area contributed by atoms with Gasteiger partial charge in [0.25, 0.3) is 0 Å². The fourth-order valence-electron chi connectivity index (χ4n) is 3.01. The summed E-state index contributed by atoms with van der Waals surface area (Å²) in [6.07, 6.45) is 1.69. The van der Waals surface area contributed by atoms with Crippen LogP contribution in [0.2, 0.25) is 0 Å². The Morgan fingerprint density at radius 1 is 1.08 bits per heavy atom. The second-order valence-electron chi connectivity index (χ2n) is 6.36. The van der Waals surface area contributed by atoms with Gasteiger partial charge in [-0.25, -0.2) is 0 Å².